The van der Waals surface area contributed by atoms with E-state index in [9.17, 15) is 5.11 Å². The van der Waals surface area contributed by atoms with E-state index in [-0.39, 0.29) is 0 Å². The summed E-state index contributed by atoms with van der Waals surface area (Å²) in [5, 5.41) is 10.7. The second-order valence-corrected chi connectivity index (χ2v) is 7.82. The van der Waals surface area contributed by atoms with Gasteiger partial charge in [0.2, 0.25) is 0 Å². The van der Waals surface area contributed by atoms with E-state index in [2.05, 4.69) is 26.0 Å². The molecule has 1 aromatic rings. The molecular weight excluding hydrogens is 282 g/mol. The molecule has 0 spiro atoms. The van der Waals surface area contributed by atoms with E-state index in [1.165, 1.54) is 63.4 Å². The molecule has 0 bridgehead atoms. The van der Waals surface area contributed by atoms with Gasteiger partial charge in [-0.1, -0.05) is 32.3 Å². The number of nitrogens with zero attached hydrogens (tertiary/aromatic N) is 1. The summed E-state index contributed by atoms with van der Waals surface area (Å²) >= 11 is 0. The highest BCUT2D eigenvalue weighted by molar-refractivity contribution is 5.84. The van der Waals surface area contributed by atoms with Crippen molar-refractivity contribution in [3.05, 3.63) is 28.8 Å². The van der Waals surface area contributed by atoms with Gasteiger partial charge in [-0.3, -0.25) is 4.99 Å². The number of phenols is 1. The molecule has 2 fully saturated rings. The third kappa shape index (κ3) is 4.16. The first-order valence-corrected chi connectivity index (χ1v) is 9.50. The van der Waals surface area contributed by atoms with Crippen molar-refractivity contribution in [2.75, 3.05) is 0 Å². The maximum Gasteiger partial charge on any atom is 0.127 e. The molecule has 0 amide bonds. The quantitative estimate of drug-likeness (QED) is 0.708. The zero-order valence-electron chi connectivity index (χ0n) is 14.7. The Hall–Kier alpha value is -1.31. The Morgan fingerprint density at radius 2 is 1.70 bits per heavy atom. The Balaban J connectivity index is 1.77. The lowest BCUT2D eigenvalue weighted by atomic mass is 9.82. The highest BCUT2D eigenvalue weighted by Crippen LogP contribution is 2.39. The lowest BCUT2D eigenvalue weighted by molar-refractivity contribution is 0.350. The summed E-state index contributed by atoms with van der Waals surface area (Å²) in [4.78, 5) is 4.79. The molecule has 0 aromatic heterocycles. The molecule has 1 aromatic carbocycles. The topological polar surface area (TPSA) is 32.6 Å². The van der Waals surface area contributed by atoms with Gasteiger partial charge >= 0.3 is 0 Å². The molecule has 0 saturated heterocycles. The van der Waals surface area contributed by atoms with Crippen molar-refractivity contribution in [1.29, 1.82) is 0 Å². The van der Waals surface area contributed by atoms with Crippen molar-refractivity contribution >= 4 is 6.21 Å². The van der Waals surface area contributed by atoms with Gasteiger partial charge in [-0.05, 0) is 74.5 Å². The van der Waals surface area contributed by atoms with Crippen LogP contribution in [-0.4, -0.2) is 17.4 Å². The van der Waals surface area contributed by atoms with Crippen LogP contribution < -0.4 is 0 Å². The van der Waals surface area contributed by atoms with Gasteiger partial charge in [0.05, 0.1) is 0 Å². The van der Waals surface area contributed by atoms with E-state index in [0.29, 0.717) is 17.7 Å². The molecule has 2 aliphatic rings. The Labute approximate surface area is 141 Å². The number of phenolic OH excluding ortho intramolecular Hbond substituents is 1. The van der Waals surface area contributed by atoms with Crippen molar-refractivity contribution in [2.24, 2.45) is 10.9 Å². The molecule has 1 N–H and O–H groups in total. The summed E-state index contributed by atoms with van der Waals surface area (Å²) in [5.41, 5.74) is 3.31. The third-order valence-corrected chi connectivity index (χ3v) is 5.77. The summed E-state index contributed by atoms with van der Waals surface area (Å²) in [7, 11) is 0. The Morgan fingerprint density at radius 3 is 2.39 bits per heavy atom. The van der Waals surface area contributed by atoms with Crippen LogP contribution in [0.3, 0.4) is 0 Å². The Morgan fingerprint density at radius 1 is 1.00 bits per heavy atom. The van der Waals surface area contributed by atoms with E-state index >= 15 is 0 Å². The summed E-state index contributed by atoms with van der Waals surface area (Å²) in [6.07, 6.45) is 13.3. The maximum absolute atomic E-state index is 10.7. The third-order valence-electron chi connectivity index (χ3n) is 5.77. The van der Waals surface area contributed by atoms with Gasteiger partial charge in [0.25, 0.3) is 0 Å². The molecule has 2 saturated carbocycles. The second-order valence-electron chi connectivity index (χ2n) is 7.82. The van der Waals surface area contributed by atoms with E-state index in [1.54, 1.807) is 0 Å². The van der Waals surface area contributed by atoms with Crippen molar-refractivity contribution in [3.8, 4) is 5.75 Å². The average Bonchev–Trinajstić information content (AvgIpc) is 2.57. The van der Waals surface area contributed by atoms with Crippen LogP contribution in [0.15, 0.2) is 17.1 Å². The smallest absolute Gasteiger partial charge is 0.127 e. The van der Waals surface area contributed by atoms with Gasteiger partial charge in [-0.15, -0.1) is 0 Å². The van der Waals surface area contributed by atoms with Gasteiger partial charge in [0.15, 0.2) is 0 Å². The number of aromatic hydroxyl groups is 1. The molecule has 0 atom stereocenters. The van der Waals surface area contributed by atoms with Gasteiger partial charge in [-0.2, -0.15) is 0 Å². The summed E-state index contributed by atoms with van der Waals surface area (Å²) in [5.74, 6) is 1.87. The first-order chi connectivity index (χ1) is 11.1. The van der Waals surface area contributed by atoms with Crippen LogP contribution in [0.4, 0.5) is 0 Å². The predicted octanol–water partition coefficient (Wildman–Crippen LogP) is 5.75. The molecule has 0 aliphatic heterocycles. The van der Waals surface area contributed by atoms with E-state index in [1.807, 2.05) is 6.21 Å². The number of benzene rings is 1. The minimum Gasteiger partial charge on any atom is -0.507 e. The highest BCUT2D eigenvalue weighted by atomic mass is 16.3. The van der Waals surface area contributed by atoms with Crippen LogP contribution in [0, 0.1) is 12.8 Å². The predicted molar refractivity (Wildman–Crippen MR) is 97.7 cm³/mol. The summed E-state index contributed by atoms with van der Waals surface area (Å²) < 4.78 is 0. The lowest BCUT2D eigenvalue weighted by Gasteiger charge is -2.24. The highest BCUT2D eigenvalue weighted by Gasteiger charge is 2.21. The molecule has 2 nitrogen and oxygen atoms in total. The lowest BCUT2D eigenvalue weighted by Crippen LogP contribution is -2.15. The Bertz CT molecular complexity index is 549. The fourth-order valence-corrected chi connectivity index (χ4v) is 4.24. The molecule has 0 heterocycles. The van der Waals surface area contributed by atoms with Crippen molar-refractivity contribution < 1.29 is 5.11 Å². The first kappa shape index (κ1) is 16.5. The number of aryl methyl sites for hydroxylation is 1. The van der Waals surface area contributed by atoms with Crippen LogP contribution in [0.5, 0.6) is 5.75 Å². The number of aliphatic imine (C=N–C) groups is 1. The second kappa shape index (κ2) is 7.51. The normalized spacial score (nSPS) is 26.7. The van der Waals surface area contributed by atoms with E-state index in [4.69, 9.17) is 4.99 Å². The average molecular weight is 313 g/mol. The van der Waals surface area contributed by atoms with Crippen LogP contribution in [0.2, 0.25) is 0 Å². The van der Waals surface area contributed by atoms with Crippen LogP contribution in [0.1, 0.15) is 87.3 Å². The van der Waals surface area contributed by atoms with Crippen molar-refractivity contribution in [2.45, 2.75) is 83.6 Å². The fourth-order valence-electron chi connectivity index (χ4n) is 4.24. The van der Waals surface area contributed by atoms with Gasteiger partial charge < -0.3 is 5.11 Å². The standard InChI is InChI=1S/C21H31NO/c1-15-8-10-19(11-9-15)22-14-18-12-16(2)13-20(21(18)23)17-6-4-3-5-7-17/h12-15,17,19,23H,3-11H2,1-2H3. The molecular formula is C21H31NO. The SMILES string of the molecule is Cc1cc(C=NC2CCC(C)CC2)c(O)c(C2CCCCC2)c1. The molecule has 126 valence electrons. The minimum absolute atomic E-state index is 0.448. The van der Waals surface area contributed by atoms with Crippen molar-refractivity contribution in [1.82, 2.24) is 0 Å². The molecule has 0 radical (unpaired) electrons. The van der Waals surface area contributed by atoms with Crippen LogP contribution in [0.25, 0.3) is 0 Å². The first-order valence-electron chi connectivity index (χ1n) is 9.50. The number of hydrogen-bond donors (Lipinski definition) is 1. The molecule has 2 aliphatic carbocycles. The minimum atomic E-state index is 0.448. The Kier molecular flexibility index (Phi) is 5.40. The molecule has 23 heavy (non-hydrogen) atoms. The summed E-state index contributed by atoms with van der Waals surface area (Å²) in [6.45, 7) is 4.47. The molecule has 2 heteroatoms. The van der Waals surface area contributed by atoms with E-state index < -0.39 is 0 Å². The zero-order valence-corrected chi connectivity index (χ0v) is 14.7. The largest absolute Gasteiger partial charge is 0.507 e. The van der Waals surface area contributed by atoms with E-state index in [0.717, 1.165) is 17.0 Å². The number of hydrogen-bond acceptors (Lipinski definition) is 2. The monoisotopic (exact) mass is 313 g/mol. The van der Waals surface area contributed by atoms with Gasteiger partial charge in [0, 0.05) is 17.8 Å². The molecule has 0 unspecified atom stereocenters. The fraction of sp³-hybridized carbons (Fsp3) is 0.667. The van der Waals surface area contributed by atoms with Crippen LogP contribution >= 0.6 is 0 Å². The zero-order chi connectivity index (χ0) is 16.2. The summed E-state index contributed by atoms with van der Waals surface area (Å²) in [6, 6.07) is 4.71. The van der Waals surface area contributed by atoms with Crippen LogP contribution in [-0.2, 0) is 0 Å². The van der Waals surface area contributed by atoms with Gasteiger partial charge in [0.1, 0.15) is 5.75 Å². The maximum atomic E-state index is 10.7. The molecule has 3 rings (SSSR count). The van der Waals surface area contributed by atoms with Gasteiger partial charge in [-0.25, -0.2) is 0 Å². The van der Waals surface area contributed by atoms with Crippen molar-refractivity contribution in [3.63, 3.8) is 0 Å². The number of rotatable bonds is 3.